The molecule has 0 saturated carbocycles. The first kappa shape index (κ1) is 13.6. The van der Waals surface area contributed by atoms with Crippen molar-refractivity contribution in [3.63, 3.8) is 0 Å². The number of rotatable bonds is 7. The minimum absolute atomic E-state index is 0.203. The lowest BCUT2D eigenvalue weighted by molar-refractivity contribution is -0.134. The lowest BCUT2D eigenvalue weighted by atomic mass is 10.1. The number of carbonyl (C=O) groups excluding carboxylic acids is 1. The van der Waals surface area contributed by atoms with Gasteiger partial charge in [0.2, 0.25) is 5.91 Å². The van der Waals surface area contributed by atoms with Gasteiger partial charge in [-0.2, -0.15) is 0 Å². The van der Waals surface area contributed by atoms with Crippen molar-refractivity contribution in [2.24, 2.45) is 0 Å². The number of amides is 1. The van der Waals surface area contributed by atoms with Gasteiger partial charge in [0, 0.05) is 13.5 Å². The van der Waals surface area contributed by atoms with E-state index in [9.17, 15) is 9.18 Å². The third-order valence-electron chi connectivity index (χ3n) is 2.13. The van der Waals surface area contributed by atoms with Crippen LogP contribution in [0.15, 0.2) is 24.3 Å². The quantitative estimate of drug-likeness (QED) is 0.580. The molecule has 0 unspecified atom stereocenters. The van der Waals surface area contributed by atoms with E-state index in [2.05, 4.69) is 5.48 Å². The molecule has 0 aliphatic heterocycles. The van der Waals surface area contributed by atoms with Gasteiger partial charge in [0.15, 0.2) is 0 Å². The van der Waals surface area contributed by atoms with E-state index >= 15 is 0 Å². The van der Waals surface area contributed by atoms with Crippen LogP contribution in [-0.2, 0) is 20.8 Å². The van der Waals surface area contributed by atoms with Crippen molar-refractivity contribution in [3.05, 3.63) is 35.6 Å². The second kappa shape index (κ2) is 7.76. The van der Waals surface area contributed by atoms with Gasteiger partial charge in [-0.1, -0.05) is 12.1 Å². The summed E-state index contributed by atoms with van der Waals surface area (Å²) in [5, 5.41) is 0. The lowest BCUT2D eigenvalue weighted by Crippen LogP contribution is -2.25. The number of methoxy groups -OCH3 is 1. The van der Waals surface area contributed by atoms with Gasteiger partial charge in [-0.25, -0.2) is 9.87 Å². The van der Waals surface area contributed by atoms with Crippen LogP contribution in [0.25, 0.3) is 0 Å². The largest absolute Gasteiger partial charge is 0.382 e. The predicted octanol–water partition coefficient (Wildman–Crippen LogP) is 1.45. The van der Waals surface area contributed by atoms with E-state index in [0.717, 1.165) is 5.56 Å². The van der Waals surface area contributed by atoms with Crippen molar-refractivity contribution in [3.8, 4) is 0 Å². The fraction of sp³-hybridized carbons (Fsp3) is 0.417. The Morgan fingerprint density at radius 3 is 2.65 bits per heavy atom. The number of hydrogen-bond acceptors (Lipinski definition) is 3. The van der Waals surface area contributed by atoms with Gasteiger partial charge in [-0.3, -0.25) is 9.63 Å². The van der Waals surface area contributed by atoms with Gasteiger partial charge in [0.1, 0.15) is 5.82 Å². The Kier molecular flexibility index (Phi) is 6.21. The molecule has 17 heavy (non-hydrogen) atoms. The number of hydrogen-bond donors (Lipinski definition) is 1. The number of aryl methyl sites for hydroxylation is 1. The summed E-state index contributed by atoms with van der Waals surface area (Å²) in [6, 6.07) is 6.08. The highest BCUT2D eigenvalue weighted by molar-refractivity contribution is 5.75. The van der Waals surface area contributed by atoms with Gasteiger partial charge in [0.05, 0.1) is 13.2 Å². The highest BCUT2D eigenvalue weighted by atomic mass is 19.1. The van der Waals surface area contributed by atoms with Gasteiger partial charge < -0.3 is 4.74 Å². The molecule has 5 heteroatoms. The number of ether oxygens (including phenoxy) is 1. The fourth-order valence-corrected chi connectivity index (χ4v) is 1.22. The van der Waals surface area contributed by atoms with Crippen molar-refractivity contribution in [1.29, 1.82) is 0 Å². The molecular formula is C12H16FNO3. The number of carbonyl (C=O) groups is 1. The minimum atomic E-state index is -0.277. The van der Waals surface area contributed by atoms with Crippen LogP contribution in [0.5, 0.6) is 0 Å². The Labute approximate surface area is 99.7 Å². The van der Waals surface area contributed by atoms with Crippen LogP contribution in [0.3, 0.4) is 0 Å². The van der Waals surface area contributed by atoms with Crippen molar-refractivity contribution in [2.45, 2.75) is 12.8 Å². The molecule has 0 spiro atoms. The zero-order valence-electron chi connectivity index (χ0n) is 9.74. The van der Waals surface area contributed by atoms with E-state index in [0.29, 0.717) is 26.1 Å². The Hall–Kier alpha value is -1.46. The molecule has 0 heterocycles. The highest BCUT2D eigenvalue weighted by Gasteiger charge is 2.02. The average Bonchev–Trinajstić information content (AvgIpc) is 2.34. The molecule has 0 aromatic heterocycles. The molecule has 0 atom stereocenters. The van der Waals surface area contributed by atoms with Crippen LogP contribution in [0.4, 0.5) is 4.39 Å². The zero-order chi connectivity index (χ0) is 12.5. The molecule has 0 aliphatic rings. The molecule has 1 rings (SSSR count). The van der Waals surface area contributed by atoms with Crippen LogP contribution in [0.1, 0.15) is 12.0 Å². The molecular weight excluding hydrogens is 225 g/mol. The standard InChI is InChI=1S/C12H16FNO3/c1-16-8-9-17-14-12(15)7-4-10-2-5-11(13)6-3-10/h2-3,5-6H,4,7-9H2,1H3,(H,14,15). The van der Waals surface area contributed by atoms with E-state index < -0.39 is 0 Å². The molecule has 1 amide bonds. The van der Waals surface area contributed by atoms with Crippen LogP contribution in [0, 0.1) is 5.82 Å². The Bertz CT molecular complexity index is 340. The maximum atomic E-state index is 12.6. The van der Waals surface area contributed by atoms with Crippen molar-refractivity contribution < 1.29 is 18.8 Å². The second-order valence-corrected chi connectivity index (χ2v) is 3.49. The van der Waals surface area contributed by atoms with Gasteiger partial charge in [0.25, 0.3) is 0 Å². The Morgan fingerprint density at radius 1 is 1.29 bits per heavy atom. The van der Waals surface area contributed by atoms with E-state index in [1.165, 1.54) is 12.1 Å². The number of hydroxylamine groups is 1. The summed E-state index contributed by atoms with van der Waals surface area (Å²) in [6.45, 7) is 0.747. The summed E-state index contributed by atoms with van der Waals surface area (Å²) in [5.74, 6) is -0.480. The third-order valence-corrected chi connectivity index (χ3v) is 2.13. The van der Waals surface area contributed by atoms with E-state index in [1.807, 2.05) is 0 Å². The summed E-state index contributed by atoms with van der Waals surface area (Å²) in [4.78, 5) is 16.2. The number of benzene rings is 1. The summed E-state index contributed by atoms with van der Waals surface area (Å²) < 4.78 is 17.4. The van der Waals surface area contributed by atoms with Gasteiger partial charge in [-0.15, -0.1) is 0 Å². The van der Waals surface area contributed by atoms with Crippen LogP contribution < -0.4 is 5.48 Å². The normalized spacial score (nSPS) is 10.2. The van der Waals surface area contributed by atoms with Crippen LogP contribution in [0.2, 0.25) is 0 Å². The summed E-state index contributed by atoms with van der Waals surface area (Å²) in [7, 11) is 1.56. The molecule has 94 valence electrons. The maximum Gasteiger partial charge on any atom is 0.243 e. The van der Waals surface area contributed by atoms with Gasteiger partial charge in [-0.05, 0) is 24.1 Å². The first-order chi connectivity index (χ1) is 8.22. The third kappa shape index (κ3) is 5.99. The molecule has 0 saturated heterocycles. The van der Waals surface area contributed by atoms with E-state index in [4.69, 9.17) is 9.57 Å². The number of halogens is 1. The molecule has 1 aromatic carbocycles. The molecule has 4 nitrogen and oxygen atoms in total. The molecule has 0 radical (unpaired) electrons. The summed E-state index contributed by atoms with van der Waals surface area (Å²) in [6.07, 6.45) is 0.859. The van der Waals surface area contributed by atoms with E-state index in [-0.39, 0.29) is 11.7 Å². The van der Waals surface area contributed by atoms with Crippen LogP contribution >= 0.6 is 0 Å². The summed E-state index contributed by atoms with van der Waals surface area (Å²) >= 11 is 0. The van der Waals surface area contributed by atoms with Crippen molar-refractivity contribution >= 4 is 5.91 Å². The summed E-state index contributed by atoms with van der Waals surface area (Å²) in [5.41, 5.74) is 3.22. The molecule has 0 bridgehead atoms. The maximum absolute atomic E-state index is 12.6. The van der Waals surface area contributed by atoms with Gasteiger partial charge >= 0.3 is 0 Å². The van der Waals surface area contributed by atoms with Crippen molar-refractivity contribution in [1.82, 2.24) is 5.48 Å². The average molecular weight is 241 g/mol. The molecule has 1 aromatic rings. The smallest absolute Gasteiger partial charge is 0.243 e. The Morgan fingerprint density at radius 2 is 2.00 bits per heavy atom. The first-order valence-electron chi connectivity index (χ1n) is 5.36. The van der Waals surface area contributed by atoms with Crippen LogP contribution in [-0.4, -0.2) is 26.2 Å². The highest BCUT2D eigenvalue weighted by Crippen LogP contribution is 2.05. The molecule has 0 fully saturated rings. The van der Waals surface area contributed by atoms with E-state index in [1.54, 1.807) is 19.2 Å². The lowest BCUT2D eigenvalue weighted by Gasteiger charge is -2.05. The molecule has 0 aliphatic carbocycles. The fourth-order valence-electron chi connectivity index (χ4n) is 1.22. The topological polar surface area (TPSA) is 47.6 Å². The minimum Gasteiger partial charge on any atom is -0.382 e. The second-order valence-electron chi connectivity index (χ2n) is 3.49. The van der Waals surface area contributed by atoms with Crippen molar-refractivity contribution in [2.75, 3.05) is 20.3 Å². The first-order valence-corrected chi connectivity index (χ1v) is 5.36. The monoisotopic (exact) mass is 241 g/mol. The SMILES string of the molecule is COCCONC(=O)CCc1ccc(F)cc1. The zero-order valence-corrected chi connectivity index (χ0v) is 9.74. The predicted molar refractivity (Wildman–Crippen MR) is 60.7 cm³/mol. The Balaban J connectivity index is 2.17. The number of nitrogens with one attached hydrogen (secondary N) is 1. The molecule has 1 N–H and O–H groups in total.